The van der Waals surface area contributed by atoms with Gasteiger partial charge in [0, 0.05) is 41.2 Å². The van der Waals surface area contributed by atoms with Crippen LogP contribution in [0.5, 0.6) is 0 Å². The second-order valence-corrected chi connectivity index (χ2v) is 7.58. The van der Waals surface area contributed by atoms with Gasteiger partial charge in [-0.15, -0.1) is 0 Å². The van der Waals surface area contributed by atoms with Crippen molar-refractivity contribution in [3.8, 4) is 0 Å². The number of halogens is 1. The van der Waals surface area contributed by atoms with Crippen molar-refractivity contribution < 1.29 is 9.18 Å². The van der Waals surface area contributed by atoms with Gasteiger partial charge in [0.15, 0.2) is 0 Å². The number of carbonyl (C=O) groups excluding carboxylic acids is 1. The van der Waals surface area contributed by atoms with Crippen molar-refractivity contribution in [1.29, 1.82) is 0 Å². The van der Waals surface area contributed by atoms with Gasteiger partial charge in [0.05, 0.1) is 0 Å². The van der Waals surface area contributed by atoms with Crippen molar-refractivity contribution in [2.45, 2.75) is 26.2 Å². The van der Waals surface area contributed by atoms with E-state index in [4.69, 9.17) is 0 Å². The fourth-order valence-corrected chi connectivity index (χ4v) is 4.02. The number of pyridine rings is 1. The topological polar surface area (TPSA) is 33.2 Å². The number of rotatable bonds is 1. The van der Waals surface area contributed by atoms with Crippen LogP contribution in [-0.2, 0) is 5.41 Å². The summed E-state index contributed by atoms with van der Waals surface area (Å²) in [6, 6.07) is 8.63. The molecule has 2 aliphatic rings. The van der Waals surface area contributed by atoms with E-state index in [2.05, 4.69) is 23.7 Å². The van der Waals surface area contributed by atoms with Crippen molar-refractivity contribution >= 4 is 17.0 Å². The number of fused-ring (bicyclic) bond motifs is 2. The molecular formula is C23H21FN2O. The molecule has 0 fully saturated rings. The predicted octanol–water partition coefficient (Wildman–Crippen LogP) is 5.06. The molecule has 2 heterocycles. The summed E-state index contributed by atoms with van der Waals surface area (Å²) in [5.41, 5.74) is 5.60. The van der Waals surface area contributed by atoms with Crippen molar-refractivity contribution in [2.75, 3.05) is 11.9 Å². The first-order valence-corrected chi connectivity index (χ1v) is 8.95. The largest absolute Gasteiger partial charge is 0.347 e. The van der Waals surface area contributed by atoms with E-state index >= 15 is 0 Å². The average molecular weight is 360 g/mol. The Kier molecular flexibility index (Phi) is 3.88. The van der Waals surface area contributed by atoms with Crippen LogP contribution in [0.25, 0.3) is 5.57 Å². The van der Waals surface area contributed by atoms with E-state index in [-0.39, 0.29) is 17.0 Å². The number of anilines is 1. The highest BCUT2D eigenvalue weighted by molar-refractivity contribution is 6.15. The van der Waals surface area contributed by atoms with Gasteiger partial charge < -0.3 is 4.90 Å². The normalized spacial score (nSPS) is 20.7. The summed E-state index contributed by atoms with van der Waals surface area (Å²) >= 11 is 0. The molecule has 0 bridgehead atoms. The Morgan fingerprint density at radius 3 is 2.74 bits per heavy atom. The molecule has 0 saturated heterocycles. The molecule has 3 nitrogen and oxygen atoms in total. The summed E-state index contributed by atoms with van der Waals surface area (Å²) < 4.78 is 13.8. The summed E-state index contributed by atoms with van der Waals surface area (Å²) in [5.74, 6) is -0.311. The Balaban J connectivity index is 1.77. The Morgan fingerprint density at radius 2 is 1.96 bits per heavy atom. The van der Waals surface area contributed by atoms with Crippen LogP contribution < -0.4 is 4.90 Å². The van der Waals surface area contributed by atoms with E-state index in [1.54, 1.807) is 18.3 Å². The highest BCUT2D eigenvalue weighted by Crippen LogP contribution is 2.47. The van der Waals surface area contributed by atoms with Gasteiger partial charge in [-0.1, -0.05) is 19.9 Å². The molecule has 0 saturated carbocycles. The first-order valence-electron chi connectivity index (χ1n) is 8.95. The number of benzene rings is 1. The molecule has 1 aromatic carbocycles. The zero-order valence-corrected chi connectivity index (χ0v) is 15.9. The molecule has 0 amide bonds. The molecule has 0 atom stereocenters. The smallest absolute Gasteiger partial charge is 0.211 e. The van der Waals surface area contributed by atoms with Gasteiger partial charge in [0.2, 0.25) is 5.78 Å². The van der Waals surface area contributed by atoms with Gasteiger partial charge in [-0.05, 0) is 60.6 Å². The molecule has 1 aromatic heterocycles. The lowest BCUT2D eigenvalue weighted by molar-refractivity contribution is 0.103. The number of ketones is 1. The molecule has 0 spiro atoms. The molecule has 0 radical (unpaired) electrons. The summed E-state index contributed by atoms with van der Waals surface area (Å²) in [4.78, 5) is 19.1. The molecule has 4 heteroatoms. The maximum Gasteiger partial charge on any atom is 0.211 e. The van der Waals surface area contributed by atoms with Crippen molar-refractivity contribution in [3.05, 3.63) is 88.7 Å². The Labute approximate surface area is 158 Å². The zero-order chi connectivity index (χ0) is 19.3. The third-order valence-electron chi connectivity index (χ3n) is 5.50. The van der Waals surface area contributed by atoms with Crippen molar-refractivity contribution in [3.63, 3.8) is 0 Å². The Morgan fingerprint density at radius 1 is 1.19 bits per heavy atom. The molecule has 27 heavy (non-hydrogen) atoms. The number of aromatic nitrogens is 1. The van der Waals surface area contributed by atoms with Crippen LogP contribution >= 0.6 is 0 Å². The first-order chi connectivity index (χ1) is 12.8. The number of allylic oxidation sites excluding steroid dienone is 6. The quantitative estimate of drug-likeness (QED) is 0.667. The minimum atomic E-state index is -0.351. The predicted molar refractivity (Wildman–Crippen MR) is 106 cm³/mol. The monoisotopic (exact) mass is 360 g/mol. The minimum absolute atomic E-state index is 0.0740. The molecule has 2 aromatic rings. The molecule has 136 valence electrons. The van der Waals surface area contributed by atoms with Crippen LogP contribution in [0, 0.1) is 5.82 Å². The minimum Gasteiger partial charge on any atom is -0.347 e. The van der Waals surface area contributed by atoms with Crippen LogP contribution in [0.4, 0.5) is 10.1 Å². The van der Waals surface area contributed by atoms with E-state index in [9.17, 15) is 9.18 Å². The fraction of sp³-hybridized carbons (Fsp3) is 0.217. The van der Waals surface area contributed by atoms with Gasteiger partial charge in [-0.3, -0.25) is 9.78 Å². The molecule has 4 rings (SSSR count). The van der Waals surface area contributed by atoms with Crippen LogP contribution in [0.3, 0.4) is 0 Å². The second-order valence-electron chi connectivity index (χ2n) is 7.58. The number of Topliss-reactive ketones (excluding diaryl/α,β-unsaturated/α-hetero) is 1. The maximum absolute atomic E-state index is 13.8. The first kappa shape index (κ1) is 17.4. The van der Waals surface area contributed by atoms with Gasteiger partial charge >= 0.3 is 0 Å². The number of nitrogens with zero attached hydrogens (tertiary/aromatic N) is 2. The molecular weight excluding hydrogens is 339 g/mol. The van der Waals surface area contributed by atoms with Gasteiger partial charge in [0.1, 0.15) is 11.5 Å². The second kappa shape index (κ2) is 6.02. The SMILES string of the molecule is CC1=CC(=CC=C2N(C)c3ccc(F)cc3C2(C)C)C(=O)c2ncccc21. The molecule has 0 unspecified atom stereocenters. The van der Waals surface area contributed by atoms with Crippen LogP contribution in [-0.4, -0.2) is 17.8 Å². The van der Waals surface area contributed by atoms with Crippen molar-refractivity contribution in [1.82, 2.24) is 4.98 Å². The van der Waals surface area contributed by atoms with Crippen LogP contribution in [0.1, 0.15) is 42.4 Å². The summed E-state index contributed by atoms with van der Waals surface area (Å²) in [7, 11) is 1.97. The number of likely N-dealkylation sites (N-methyl/N-ethyl adjacent to an activating group) is 1. The lowest BCUT2D eigenvalue weighted by Gasteiger charge is -2.24. The molecule has 1 aliphatic carbocycles. The van der Waals surface area contributed by atoms with Gasteiger partial charge in [0.25, 0.3) is 0 Å². The number of hydrogen-bond donors (Lipinski definition) is 0. The van der Waals surface area contributed by atoms with E-state index in [1.165, 1.54) is 6.07 Å². The van der Waals surface area contributed by atoms with Gasteiger partial charge in [-0.2, -0.15) is 0 Å². The van der Waals surface area contributed by atoms with E-state index in [0.29, 0.717) is 11.3 Å². The highest BCUT2D eigenvalue weighted by Gasteiger charge is 2.38. The third kappa shape index (κ3) is 2.64. The van der Waals surface area contributed by atoms with Gasteiger partial charge in [-0.25, -0.2) is 4.39 Å². The zero-order valence-electron chi connectivity index (χ0n) is 15.9. The lowest BCUT2D eigenvalue weighted by Crippen LogP contribution is -2.22. The van der Waals surface area contributed by atoms with Crippen LogP contribution in [0.15, 0.2) is 66.0 Å². The maximum atomic E-state index is 13.8. The Bertz CT molecular complexity index is 1060. The van der Waals surface area contributed by atoms with Crippen LogP contribution in [0.2, 0.25) is 0 Å². The molecule has 0 N–H and O–H groups in total. The highest BCUT2D eigenvalue weighted by atomic mass is 19.1. The van der Waals surface area contributed by atoms with E-state index < -0.39 is 0 Å². The fourth-order valence-electron chi connectivity index (χ4n) is 4.02. The third-order valence-corrected chi connectivity index (χ3v) is 5.50. The Hall–Kier alpha value is -3.01. The standard InChI is InChI=1S/C23H21FN2O/c1-14-12-15(22(27)21-17(14)6-5-11-25-21)7-10-20-23(2,3)18-13-16(24)8-9-19(18)26(20)4/h5-13H,1-4H3. The summed E-state index contributed by atoms with van der Waals surface area (Å²) in [5, 5.41) is 0. The number of hydrogen-bond acceptors (Lipinski definition) is 3. The van der Waals surface area contributed by atoms with E-state index in [0.717, 1.165) is 28.1 Å². The average Bonchev–Trinajstić information content (AvgIpc) is 2.83. The van der Waals surface area contributed by atoms with E-state index in [1.807, 2.05) is 44.3 Å². The van der Waals surface area contributed by atoms with Crippen molar-refractivity contribution in [2.24, 2.45) is 0 Å². The number of carbonyl (C=O) groups is 1. The summed E-state index contributed by atoms with van der Waals surface area (Å²) in [6.45, 7) is 6.12. The summed E-state index contributed by atoms with van der Waals surface area (Å²) in [6.07, 6.45) is 7.35. The molecule has 1 aliphatic heterocycles. The lowest BCUT2D eigenvalue weighted by atomic mass is 9.83.